The molecule has 1 aliphatic carbocycles. The van der Waals surface area contributed by atoms with Crippen molar-refractivity contribution in [1.29, 1.82) is 0 Å². The summed E-state index contributed by atoms with van der Waals surface area (Å²) in [5.74, 6) is 0.699. The van der Waals surface area contributed by atoms with E-state index in [9.17, 15) is 5.11 Å². The van der Waals surface area contributed by atoms with E-state index in [2.05, 4.69) is 38.1 Å². The van der Waals surface area contributed by atoms with Gasteiger partial charge in [-0.1, -0.05) is 44.5 Å². The lowest BCUT2D eigenvalue weighted by atomic mass is 9.70. The van der Waals surface area contributed by atoms with Gasteiger partial charge >= 0.3 is 0 Å². The van der Waals surface area contributed by atoms with Crippen molar-refractivity contribution in [3.63, 3.8) is 0 Å². The van der Waals surface area contributed by atoms with Crippen molar-refractivity contribution in [2.45, 2.75) is 64.9 Å². The predicted octanol–water partition coefficient (Wildman–Crippen LogP) is 4.60. The topological polar surface area (TPSA) is 20.2 Å². The molecule has 0 spiro atoms. The summed E-state index contributed by atoms with van der Waals surface area (Å²) in [5.41, 5.74) is 2.19. The molecule has 0 amide bonds. The first-order valence-corrected chi connectivity index (χ1v) is 7.11. The van der Waals surface area contributed by atoms with E-state index in [1.54, 1.807) is 0 Å². The van der Waals surface area contributed by atoms with Crippen LogP contribution in [0.1, 0.15) is 70.4 Å². The first kappa shape index (κ1) is 13.6. The van der Waals surface area contributed by atoms with Crippen LogP contribution in [0.5, 0.6) is 0 Å². The molecule has 1 atom stereocenters. The van der Waals surface area contributed by atoms with Crippen molar-refractivity contribution in [3.05, 3.63) is 35.4 Å². The SMILES string of the molecule is CC1(C)CCCC(c2ccc(C(C)(C)O)cc2)C1. The number of benzene rings is 1. The molecule has 2 rings (SSSR count). The zero-order chi connectivity index (χ0) is 13.4. The molecule has 1 heteroatoms. The van der Waals surface area contributed by atoms with Gasteiger partial charge in [-0.3, -0.25) is 0 Å². The molecule has 1 aliphatic rings. The Hall–Kier alpha value is -0.820. The lowest BCUT2D eigenvalue weighted by molar-refractivity contribution is 0.0785. The Morgan fingerprint density at radius 2 is 1.78 bits per heavy atom. The van der Waals surface area contributed by atoms with Gasteiger partial charge in [0.05, 0.1) is 5.60 Å². The summed E-state index contributed by atoms with van der Waals surface area (Å²) in [7, 11) is 0. The molecule has 0 bridgehead atoms. The third-order valence-corrected chi connectivity index (χ3v) is 4.29. The molecule has 1 aromatic rings. The molecular formula is C17H26O. The monoisotopic (exact) mass is 246 g/mol. The van der Waals surface area contributed by atoms with E-state index in [0.717, 1.165) is 5.56 Å². The maximum absolute atomic E-state index is 9.97. The zero-order valence-electron chi connectivity index (χ0n) is 12.2. The van der Waals surface area contributed by atoms with Gasteiger partial charge in [-0.2, -0.15) is 0 Å². The highest BCUT2D eigenvalue weighted by atomic mass is 16.3. The van der Waals surface area contributed by atoms with Crippen LogP contribution in [-0.4, -0.2) is 5.11 Å². The molecule has 0 saturated heterocycles. The molecular weight excluding hydrogens is 220 g/mol. The van der Waals surface area contributed by atoms with Crippen LogP contribution in [0.4, 0.5) is 0 Å². The van der Waals surface area contributed by atoms with Gasteiger partial charge in [0.15, 0.2) is 0 Å². The van der Waals surface area contributed by atoms with Gasteiger partial charge in [0, 0.05) is 0 Å². The summed E-state index contributed by atoms with van der Waals surface area (Å²) in [6.07, 6.45) is 5.29. The molecule has 0 aromatic heterocycles. The van der Waals surface area contributed by atoms with Gasteiger partial charge in [0.1, 0.15) is 0 Å². The second-order valence-corrected chi connectivity index (χ2v) is 7.14. The zero-order valence-corrected chi connectivity index (χ0v) is 12.2. The summed E-state index contributed by atoms with van der Waals surface area (Å²) in [6, 6.07) is 8.58. The Balaban J connectivity index is 2.15. The van der Waals surface area contributed by atoms with Crippen LogP contribution < -0.4 is 0 Å². The van der Waals surface area contributed by atoms with E-state index in [4.69, 9.17) is 0 Å². The van der Waals surface area contributed by atoms with Gasteiger partial charge in [-0.25, -0.2) is 0 Å². The Morgan fingerprint density at radius 1 is 1.17 bits per heavy atom. The Bertz CT molecular complexity index is 395. The number of aliphatic hydroxyl groups is 1. The quantitative estimate of drug-likeness (QED) is 0.808. The van der Waals surface area contributed by atoms with Crippen molar-refractivity contribution in [3.8, 4) is 0 Å². The minimum absolute atomic E-state index is 0.484. The molecule has 1 nitrogen and oxygen atoms in total. The van der Waals surface area contributed by atoms with Gasteiger partial charge in [-0.05, 0) is 55.6 Å². The molecule has 1 fully saturated rings. The van der Waals surface area contributed by atoms with Crippen LogP contribution >= 0.6 is 0 Å². The summed E-state index contributed by atoms with van der Waals surface area (Å²) >= 11 is 0. The molecule has 0 radical (unpaired) electrons. The van der Waals surface area contributed by atoms with Crippen LogP contribution in [0.2, 0.25) is 0 Å². The molecule has 100 valence electrons. The summed E-state index contributed by atoms with van der Waals surface area (Å²) in [6.45, 7) is 8.44. The highest BCUT2D eigenvalue weighted by molar-refractivity contribution is 5.28. The van der Waals surface area contributed by atoms with Crippen molar-refractivity contribution in [2.75, 3.05) is 0 Å². The average molecular weight is 246 g/mol. The Kier molecular flexibility index (Phi) is 3.55. The van der Waals surface area contributed by atoms with Crippen molar-refractivity contribution in [1.82, 2.24) is 0 Å². The van der Waals surface area contributed by atoms with E-state index in [0.29, 0.717) is 11.3 Å². The van der Waals surface area contributed by atoms with E-state index < -0.39 is 5.60 Å². The third kappa shape index (κ3) is 3.14. The highest BCUT2D eigenvalue weighted by Crippen LogP contribution is 2.43. The summed E-state index contributed by atoms with van der Waals surface area (Å²) in [4.78, 5) is 0. The number of hydrogen-bond donors (Lipinski definition) is 1. The maximum atomic E-state index is 9.97. The summed E-state index contributed by atoms with van der Waals surface area (Å²) < 4.78 is 0. The number of hydrogen-bond acceptors (Lipinski definition) is 1. The fourth-order valence-corrected chi connectivity index (χ4v) is 3.15. The maximum Gasteiger partial charge on any atom is 0.0840 e. The molecule has 1 saturated carbocycles. The van der Waals surface area contributed by atoms with Gasteiger partial charge in [0.25, 0.3) is 0 Å². The van der Waals surface area contributed by atoms with E-state index in [1.165, 1.54) is 31.2 Å². The van der Waals surface area contributed by atoms with E-state index >= 15 is 0 Å². The molecule has 1 unspecified atom stereocenters. The fraction of sp³-hybridized carbons (Fsp3) is 0.647. The predicted molar refractivity (Wildman–Crippen MR) is 76.7 cm³/mol. The summed E-state index contributed by atoms with van der Waals surface area (Å²) in [5, 5.41) is 9.97. The molecule has 1 aromatic carbocycles. The minimum atomic E-state index is -0.732. The molecule has 0 heterocycles. The average Bonchev–Trinajstić information content (AvgIpc) is 2.27. The first-order chi connectivity index (χ1) is 8.28. The highest BCUT2D eigenvalue weighted by Gasteiger charge is 2.28. The smallest absolute Gasteiger partial charge is 0.0840 e. The number of rotatable bonds is 2. The van der Waals surface area contributed by atoms with Crippen LogP contribution in [0.3, 0.4) is 0 Å². The molecule has 18 heavy (non-hydrogen) atoms. The molecule has 0 aliphatic heterocycles. The van der Waals surface area contributed by atoms with Gasteiger partial charge in [-0.15, -0.1) is 0 Å². The van der Waals surface area contributed by atoms with Gasteiger partial charge in [0.2, 0.25) is 0 Å². The van der Waals surface area contributed by atoms with E-state index in [-0.39, 0.29) is 0 Å². The second kappa shape index (κ2) is 4.70. The normalized spacial score (nSPS) is 23.9. The van der Waals surface area contributed by atoms with Crippen LogP contribution in [0, 0.1) is 5.41 Å². The van der Waals surface area contributed by atoms with E-state index in [1.807, 2.05) is 13.8 Å². The van der Waals surface area contributed by atoms with Crippen molar-refractivity contribution >= 4 is 0 Å². The van der Waals surface area contributed by atoms with Crippen LogP contribution in [0.15, 0.2) is 24.3 Å². The molecule has 1 N–H and O–H groups in total. The van der Waals surface area contributed by atoms with Crippen molar-refractivity contribution in [2.24, 2.45) is 5.41 Å². The Morgan fingerprint density at radius 3 is 2.28 bits per heavy atom. The fourth-order valence-electron chi connectivity index (χ4n) is 3.15. The third-order valence-electron chi connectivity index (χ3n) is 4.29. The van der Waals surface area contributed by atoms with Gasteiger partial charge < -0.3 is 5.11 Å². The first-order valence-electron chi connectivity index (χ1n) is 7.11. The van der Waals surface area contributed by atoms with Crippen LogP contribution in [-0.2, 0) is 5.60 Å². The largest absolute Gasteiger partial charge is 0.386 e. The van der Waals surface area contributed by atoms with Crippen molar-refractivity contribution < 1.29 is 5.11 Å². The Labute approximate surface area is 111 Å². The standard InChI is InChI=1S/C17H26O/c1-16(2)11-5-6-14(12-16)13-7-9-15(10-8-13)17(3,4)18/h7-10,14,18H,5-6,11-12H2,1-4H3. The lowest BCUT2D eigenvalue weighted by Gasteiger charge is -2.35. The van der Waals surface area contributed by atoms with Crippen LogP contribution in [0.25, 0.3) is 0 Å². The minimum Gasteiger partial charge on any atom is -0.386 e. The second-order valence-electron chi connectivity index (χ2n) is 7.14. The lowest BCUT2D eigenvalue weighted by Crippen LogP contribution is -2.21.